The minimum atomic E-state index is -0.441. The lowest BCUT2D eigenvalue weighted by molar-refractivity contribution is -0.115. The van der Waals surface area contributed by atoms with Crippen molar-refractivity contribution in [3.8, 4) is 6.07 Å². The molecule has 0 radical (unpaired) electrons. The molecule has 0 bridgehead atoms. The number of Topliss-reactive ketones (excluding diaryl/α,β-unsaturated/α-hetero) is 1. The summed E-state index contributed by atoms with van der Waals surface area (Å²) in [5, 5.41) is 13.7. The highest BCUT2D eigenvalue weighted by molar-refractivity contribution is 6.06. The second-order valence-electron chi connectivity index (χ2n) is 5.05. The monoisotopic (exact) mass is 321 g/mol. The molecule has 0 unspecified atom stereocenters. The van der Waals surface area contributed by atoms with Crippen LogP contribution in [-0.2, 0) is 4.79 Å². The molecule has 2 aromatic carbocycles. The standard InChI is InChI=1S/C18H15N3O3/c1-12(22)13-4-2-7-16(10-13)21-18(24)14-5-3-6-15(11-14)20-17(23)8-9-19/h2-7,10-11H,8H2,1H3,(H,20,23)(H,21,24). The molecule has 0 spiro atoms. The molecule has 120 valence electrons. The number of anilines is 2. The van der Waals surface area contributed by atoms with E-state index in [9.17, 15) is 14.4 Å². The molecule has 6 nitrogen and oxygen atoms in total. The first kappa shape index (κ1) is 16.9. The third-order valence-corrected chi connectivity index (χ3v) is 3.18. The Morgan fingerprint density at radius 3 is 2.17 bits per heavy atom. The maximum atomic E-state index is 12.3. The molecule has 2 aromatic rings. The van der Waals surface area contributed by atoms with E-state index in [4.69, 9.17) is 5.26 Å². The number of nitrogens with one attached hydrogen (secondary N) is 2. The van der Waals surface area contributed by atoms with Gasteiger partial charge in [0.15, 0.2) is 5.78 Å². The maximum absolute atomic E-state index is 12.3. The molecule has 0 saturated carbocycles. The summed E-state index contributed by atoms with van der Waals surface area (Å²) < 4.78 is 0. The summed E-state index contributed by atoms with van der Waals surface area (Å²) in [5.74, 6) is -0.899. The SMILES string of the molecule is CC(=O)c1cccc(NC(=O)c2cccc(NC(=O)CC#N)c2)c1. The highest BCUT2D eigenvalue weighted by atomic mass is 16.2. The third-order valence-electron chi connectivity index (χ3n) is 3.18. The molecular weight excluding hydrogens is 306 g/mol. The van der Waals surface area contributed by atoms with Crippen molar-refractivity contribution < 1.29 is 14.4 Å². The van der Waals surface area contributed by atoms with Gasteiger partial charge in [-0.1, -0.05) is 18.2 Å². The van der Waals surface area contributed by atoms with Gasteiger partial charge in [-0.05, 0) is 37.3 Å². The first-order chi connectivity index (χ1) is 11.5. The van der Waals surface area contributed by atoms with E-state index in [1.165, 1.54) is 13.0 Å². The van der Waals surface area contributed by atoms with E-state index < -0.39 is 5.91 Å². The lowest BCUT2D eigenvalue weighted by atomic mass is 10.1. The van der Waals surface area contributed by atoms with Crippen LogP contribution in [0.15, 0.2) is 48.5 Å². The number of hydrogen-bond donors (Lipinski definition) is 2. The van der Waals surface area contributed by atoms with E-state index >= 15 is 0 Å². The Morgan fingerprint density at radius 1 is 0.958 bits per heavy atom. The zero-order valence-electron chi connectivity index (χ0n) is 13.0. The van der Waals surface area contributed by atoms with Gasteiger partial charge in [-0.15, -0.1) is 0 Å². The van der Waals surface area contributed by atoms with Crippen LogP contribution in [0, 0.1) is 11.3 Å². The van der Waals surface area contributed by atoms with Gasteiger partial charge in [0.25, 0.3) is 5.91 Å². The van der Waals surface area contributed by atoms with Crippen molar-refractivity contribution in [3.05, 3.63) is 59.7 Å². The van der Waals surface area contributed by atoms with Gasteiger partial charge in [-0.2, -0.15) is 5.26 Å². The fourth-order valence-corrected chi connectivity index (χ4v) is 2.03. The first-order valence-corrected chi connectivity index (χ1v) is 7.19. The molecule has 0 aromatic heterocycles. The molecule has 24 heavy (non-hydrogen) atoms. The van der Waals surface area contributed by atoms with Gasteiger partial charge in [-0.25, -0.2) is 0 Å². The summed E-state index contributed by atoms with van der Waals surface area (Å²) in [7, 11) is 0. The van der Waals surface area contributed by atoms with E-state index in [2.05, 4.69) is 10.6 Å². The lowest BCUT2D eigenvalue weighted by Gasteiger charge is -2.08. The molecule has 0 aliphatic carbocycles. The van der Waals surface area contributed by atoms with E-state index in [-0.39, 0.29) is 18.1 Å². The smallest absolute Gasteiger partial charge is 0.255 e. The van der Waals surface area contributed by atoms with Crippen LogP contribution in [0.1, 0.15) is 34.1 Å². The Labute approximate surface area is 139 Å². The largest absolute Gasteiger partial charge is 0.325 e. The van der Waals surface area contributed by atoms with Crippen LogP contribution >= 0.6 is 0 Å². The van der Waals surface area contributed by atoms with Crippen LogP contribution in [0.3, 0.4) is 0 Å². The number of nitriles is 1. The molecule has 0 heterocycles. The van der Waals surface area contributed by atoms with Crippen molar-refractivity contribution in [2.75, 3.05) is 10.6 Å². The van der Waals surface area contributed by atoms with Crippen LogP contribution in [0.2, 0.25) is 0 Å². The predicted molar refractivity (Wildman–Crippen MR) is 89.7 cm³/mol. The second kappa shape index (κ2) is 7.70. The summed E-state index contributed by atoms with van der Waals surface area (Å²) >= 11 is 0. The number of carbonyl (C=O) groups is 3. The fraction of sp³-hybridized carbons (Fsp3) is 0.111. The summed E-state index contributed by atoms with van der Waals surface area (Å²) in [5.41, 5.74) is 1.79. The number of nitrogens with zero attached hydrogens (tertiary/aromatic N) is 1. The van der Waals surface area contributed by atoms with Crippen molar-refractivity contribution in [3.63, 3.8) is 0 Å². The van der Waals surface area contributed by atoms with Crippen molar-refractivity contribution >= 4 is 29.0 Å². The molecule has 2 amide bonds. The number of ketones is 1. The average molecular weight is 321 g/mol. The van der Waals surface area contributed by atoms with E-state index in [1.54, 1.807) is 48.5 Å². The van der Waals surface area contributed by atoms with Gasteiger partial charge in [-0.3, -0.25) is 14.4 Å². The normalized spacial score (nSPS) is 9.67. The quantitative estimate of drug-likeness (QED) is 0.827. The average Bonchev–Trinajstić information content (AvgIpc) is 2.55. The summed E-state index contributed by atoms with van der Waals surface area (Å²) in [6.07, 6.45) is -0.256. The van der Waals surface area contributed by atoms with Crippen LogP contribution in [0.5, 0.6) is 0 Å². The van der Waals surface area contributed by atoms with E-state index in [0.29, 0.717) is 22.5 Å². The number of hydrogen-bond acceptors (Lipinski definition) is 4. The zero-order valence-corrected chi connectivity index (χ0v) is 13.0. The summed E-state index contributed by atoms with van der Waals surface area (Å²) in [6, 6.07) is 14.8. The Hall–Kier alpha value is -3.46. The van der Waals surface area contributed by atoms with Crippen LogP contribution < -0.4 is 10.6 Å². The second-order valence-corrected chi connectivity index (χ2v) is 5.05. The maximum Gasteiger partial charge on any atom is 0.255 e. The Bertz CT molecular complexity index is 837. The van der Waals surface area contributed by atoms with Gasteiger partial charge in [0.2, 0.25) is 5.91 Å². The number of amides is 2. The molecule has 0 aliphatic rings. The number of benzene rings is 2. The Balaban J connectivity index is 2.13. The molecule has 0 fully saturated rings. The Morgan fingerprint density at radius 2 is 1.54 bits per heavy atom. The minimum Gasteiger partial charge on any atom is -0.325 e. The van der Waals surface area contributed by atoms with Crippen molar-refractivity contribution in [2.45, 2.75) is 13.3 Å². The fourth-order valence-electron chi connectivity index (χ4n) is 2.03. The molecule has 0 aliphatic heterocycles. The van der Waals surface area contributed by atoms with Gasteiger partial charge < -0.3 is 10.6 Å². The first-order valence-electron chi connectivity index (χ1n) is 7.19. The topological polar surface area (TPSA) is 99.1 Å². The highest BCUT2D eigenvalue weighted by Crippen LogP contribution is 2.15. The minimum absolute atomic E-state index is 0.0895. The van der Waals surface area contributed by atoms with E-state index in [1.807, 2.05) is 0 Å². The molecule has 2 N–H and O–H groups in total. The lowest BCUT2D eigenvalue weighted by Crippen LogP contribution is -2.14. The molecule has 0 atom stereocenters. The van der Waals surface area contributed by atoms with Gasteiger partial charge in [0.05, 0.1) is 6.07 Å². The van der Waals surface area contributed by atoms with E-state index in [0.717, 1.165) is 0 Å². The van der Waals surface area contributed by atoms with Gasteiger partial charge in [0, 0.05) is 22.5 Å². The van der Waals surface area contributed by atoms with Gasteiger partial charge >= 0.3 is 0 Å². The van der Waals surface area contributed by atoms with Crippen molar-refractivity contribution in [2.24, 2.45) is 0 Å². The molecule has 6 heteroatoms. The highest BCUT2D eigenvalue weighted by Gasteiger charge is 2.09. The number of rotatable bonds is 5. The van der Waals surface area contributed by atoms with Crippen molar-refractivity contribution in [1.82, 2.24) is 0 Å². The van der Waals surface area contributed by atoms with Crippen LogP contribution in [-0.4, -0.2) is 17.6 Å². The molecular formula is C18H15N3O3. The summed E-state index contributed by atoms with van der Waals surface area (Å²) in [4.78, 5) is 35.1. The zero-order chi connectivity index (χ0) is 17.5. The molecule has 0 saturated heterocycles. The summed E-state index contributed by atoms with van der Waals surface area (Å²) in [6.45, 7) is 1.45. The van der Waals surface area contributed by atoms with Crippen LogP contribution in [0.25, 0.3) is 0 Å². The Kier molecular flexibility index (Phi) is 5.42. The predicted octanol–water partition coefficient (Wildman–Crippen LogP) is 2.99. The van der Waals surface area contributed by atoms with Crippen LogP contribution in [0.4, 0.5) is 11.4 Å². The molecule has 2 rings (SSSR count). The van der Waals surface area contributed by atoms with Crippen molar-refractivity contribution in [1.29, 1.82) is 5.26 Å². The van der Waals surface area contributed by atoms with Gasteiger partial charge in [0.1, 0.15) is 6.42 Å². The third kappa shape index (κ3) is 4.52. The number of carbonyl (C=O) groups excluding carboxylic acids is 3.